The highest BCUT2D eigenvalue weighted by Crippen LogP contribution is 2.30. The van der Waals surface area contributed by atoms with Gasteiger partial charge in [-0.2, -0.15) is 0 Å². The number of amides is 1. The van der Waals surface area contributed by atoms with Gasteiger partial charge in [0.1, 0.15) is 0 Å². The Labute approximate surface area is 115 Å². The third-order valence-electron chi connectivity index (χ3n) is 3.55. The fourth-order valence-corrected chi connectivity index (χ4v) is 2.60. The van der Waals surface area contributed by atoms with Crippen molar-refractivity contribution in [2.75, 3.05) is 18.0 Å². The molecular formula is C14H13N5O. The number of hydrogen-bond donors (Lipinski definition) is 0. The number of carbonyl (C=O) groups is 1. The van der Waals surface area contributed by atoms with Gasteiger partial charge in [0.15, 0.2) is 0 Å². The maximum absolute atomic E-state index is 12.2. The molecule has 0 radical (unpaired) electrons. The third-order valence-corrected chi connectivity index (χ3v) is 3.55. The number of rotatable bonds is 3. The Balaban J connectivity index is 1.95. The summed E-state index contributed by atoms with van der Waals surface area (Å²) in [6.07, 6.45) is 3.93. The first-order valence-electron chi connectivity index (χ1n) is 6.43. The number of anilines is 1. The second-order valence-electron chi connectivity index (χ2n) is 4.87. The van der Waals surface area contributed by atoms with Gasteiger partial charge in [-0.25, -0.2) is 0 Å². The van der Waals surface area contributed by atoms with Gasteiger partial charge in [0.25, 0.3) is 0 Å². The summed E-state index contributed by atoms with van der Waals surface area (Å²) >= 11 is 0. The van der Waals surface area contributed by atoms with E-state index in [1.54, 1.807) is 17.3 Å². The SMILES string of the molecule is [N-]=[N+]=NCC1CC(=O)N(c2cncc3ccccc23)C1. The Morgan fingerprint density at radius 1 is 1.40 bits per heavy atom. The Morgan fingerprint density at radius 3 is 3.10 bits per heavy atom. The van der Waals surface area contributed by atoms with Gasteiger partial charge >= 0.3 is 0 Å². The maximum Gasteiger partial charge on any atom is 0.227 e. The van der Waals surface area contributed by atoms with Crippen molar-refractivity contribution in [3.63, 3.8) is 0 Å². The minimum atomic E-state index is 0.0568. The van der Waals surface area contributed by atoms with Crippen LogP contribution in [-0.2, 0) is 4.79 Å². The van der Waals surface area contributed by atoms with Crippen LogP contribution in [-0.4, -0.2) is 24.0 Å². The number of aromatic nitrogens is 1. The molecule has 6 heteroatoms. The van der Waals surface area contributed by atoms with E-state index in [-0.39, 0.29) is 11.8 Å². The Bertz CT molecular complexity index is 702. The highest BCUT2D eigenvalue weighted by molar-refractivity contribution is 6.04. The zero-order valence-electron chi connectivity index (χ0n) is 10.8. The largest absolute Gasteiger partial charge is 0.310 e. The van der Waals surface area contributed by atoms with Crippen molar-refractivity contribution < 1.29 is 4.79 Å². The molecule has 1 unspecified atom stereocenters. The topological polar surface area (TPSA) is 82.0 Å². The van der Waals surface area contributed by atoms with Crippen LogP contribution >= 0.6 is 0 Å². The van der Waals surface area contributed by atoms with E-state index in [2.05, 4.69) is 15.0 Å². The molecule has 0 N–H and O–H groups in total. The molecule has 0 saturated carbocycles. The minimum Gasteiger partial charge on any atom is -0.310 e. The zero-order valence-corrected chi connectivity index (χ0v) is 10.8. The summed E-state index contributed by atoms with van der Waals surface area (Å²) < 4.78 is 0. The summed E-state index contributed by atoms with van der Waals surface area (Å²) in [5.74, 6) is 0.138. The number of hydrogen-bond acceptors (Lipinski definition) is 3. The first kappa shape index (κ1) is 12.4. The van der Waals surface area contributed by atoms with Crippen molar-refractivity contribution in [1.29, 1.82) is 0 Å². The summed E-state index contributed by atoms with van der Waals surface area (Å²) in [5, 5.41) is 5.59. The smallest absolute Gasteiger partial charge is 0.227 e. The molecule has 1 aliphatic heterocycles. The molecule has 20 heavy (non-hydrogen) atoms. The number of azide groups is 1. The van der Waals surface area contributed by atoms with Crippen LogP contribution in [0.25, 0.3) is 21.2 Å². The van der Waals surface area contributed by atoms with Gasteiger partial charge in [-0.3, -0.25) is 9.78 Å². The molecule has 1 aromatic carbocycles. The van der Waals surface area contributed by atoms with Crippen molar-refractivity contribution in [3.8, 4) is 0 Å². The summed E-state index contributed by atoms with van der Waals surface area (Å²) in [4.78, 5) is 20.9. The Kier molecular flexibility index (Phi) is 3.23. The zero-order chi connectivity index (χ0) is 13.9. The van der Waals surface area contributed by atoms with Crippen LogP contribution in [0.1, 0.15) is 6.42 Å². The number of carbonyl (C=O) groups excluding carboxylic acids is 1. The number of fused-ring (bicyclic) bond motifs is 1. The molecule has 2 heterocycles. The molecule has 100 valence electrons. The fourth-order valence-electron chi connectivity index (χ4n) is 2.60. The molecular weight excluding hydrogens is 254 g/mol. The van der Waals surface area contributed by atoms with Gasteiger partial charge in [-0.1, -0.05) is 29.4 Å². The van der Waals surface area contributed by atoms with E-state index in [9.17, 15) is 4.79 Å². The van der Waals surface area contributed by atoms with Gasteiger partial charge in [0.05, 0.1) is 11.9 Å². The van der Waals surface area contributed by atoms with Crippen molar-refractivity contribution >= 4 is 22.4 Å². The lowest BCUT2D eigenvalue weighted by Gasteiger charge is -2.18. The minimum absolute atomic E-state index is 0.0568. The van der Waals surface area contributed by atoms with Crippen LogP contribution in [0.5, 0.6) is 0 Å². The van der Waals surface area contributed by atoms with E-state index in [1.807, 2.05) is 24.3 Å². The van der Waals surface area contributed by atoms with Crippen LogP contribution in [0, 0.1) is 5.92 Å². The normalized spacial score (nSPS) is 18.3. The molecule has 0 spiro atoms. The second kappa shape index (κ2) is 5.19. The maximum atomic E-state index is 12.2. The van der Waals surface area contributed by atoms with Crippen LogP contribution < -0.4 is 4.90 Å². The highest BCUT2D eigenvalue weighted by Gasteiger charge is 2.31. The van der Waals surface area contributed by atoms with E-state index in [0.29, 0.717) is 19.5 Å². The molecule has 0 bridgehead atoms. The standard InChI is InChI=1S/C14H13N5O/c15-18-17-6-10-5-14(20)19(9-10)13-8-16-7-11-3-1-2-4-12(11)13/h1-4,7-8,10H,5-6,9H2. The van der Waals surface area contributed by atoms with Crippen LogP contribution in [0.3, 0.4) is 0 Å². The highest BCUT2D eigenvalue weighted by atomic mass is 16.2. The van der Waals surface area contributed by atoms with Crippen molar-refractivity contribution in [2.24, 2.45) is 11.0 Å². The fraction of sp³-hybridized carbons (Fsp3) is 0.286. The molecule has 6 nitrogen and oxygen atoms in total. The van der Waals surface area contributed by atoms with E-state index < -0.39 is 0 Å². The van der Waals surface area contributed by atoms with E-state index >= 15 is 0 Å². The van der Waals surface area contributed by atoms with Crippen LogP contribution in [0.4, 0.5) is 5.69 Å². The first-order valence-corrected chi connectivity index (χ1v) is 6.43. The van der Waals surface area contributed by atoms with Crippen molar-refractivity contribution in [1.82, 2.24) is 4.98 Å². The summed E-state index contributed by atoms with van der Waals surface area (Å²) in [7, 11) is 0. The summed E-state index contributed by atoms with van der Waals surface area (Å²) in [6, 6.07) is 7.86. The summed E-state index contributed by atoms with van der Waals surface area (Å²) in [6.45, 7) is 0.935. The lowest BCUT2D eigenvalue weighted by molar-refractivity contribution is -0.117. The quantitative estimate of drug-likeness (QED) is 0.486. The first-order chi connectivity index (χ1) is 9.79. The molecule has 1 saturated heterocycles. The average Bonchev–Trinajstić information content (AvgIpc) is 2.85. The van der Waals surface area contributed by atoms with E-state index in [0.717, 1.165) is 16.5 Å². The monoisotopic (exact) mass is 267 g/mol. The van der Waals surface area contributed by atoms with Gasteiger partial charge in [-0.05, 0) is 11.4 Å². The Hall–Kier alpha value is -2.59. The molecule has 1 amide bonds. The predicted octanol–water partition coefficient (Wildman–Crippen LogP) is 2.90. The number of benzene rings is 1. The second-order valence-corrected chi connectivity index (χ2v) is 4.87. The van der Waals surface area contributed by atoms with Gasteiger partial charge in [-0.15, -0.1) is 0 Å². The molecule has 2 aromatic rings. The molecule has 1 atom stereocenters. The lowest BCUT2D eigenvalue weighted by Crippen LogP contribution is -2.25. The molecule has 1 aromatic heterocycles. The van der Waals surface area contributed by atoms with Crippen LogP contribution in [0.2, 0.25) is 0 Å². The van der Waals surface area contributed by atoms with Crippen LogP contribution in [0.15, 0.2) is 41.8 Å². The van der Waals surface area contributed by atoms with E-state index in [4.69, 9.17) is 5.53 Å². The lowest BCUT2D eigenvalue weighted by atomic mass is 10.1. The molecule has 0 aliphatic carbocycles. The van der Waals surface area contributed by atoms with Gasteiger partial charge in [0.2, 0.25) is 5.91 Å². The molecule has 1 aliphatic rings. The number of pyridine rings is 1. The molecule has 3 rings (SSSR count). The van der Waals surface area contributed by atoms with Gasteiger partial charge in [0, 0.05) is 41.4 Å². The average molecular weight is 267 g/mol. The van der Waals surface area contributed by atoms with E-state index in [1.165, 1.54) is 0 Å². The Morgan fingerprint density at radius 2 is 2.25 bits per heavy atom. The third kappa shape index (κ3) is 2.17. The summed E-state index contributed by atoms with van der Waals surface area (Å²) in [5.41, 5.74) is 9.20. The number of nitrogens with zero attached hydrogens (tertiary/aromatic N) is 5. The predicted molar refractivity (Wildman–Crippen MR) is 76.2 cm³/mol. The van der Waals surface area contributed by atoms with Crippen molar-refractivity contribution in [2.45, 2.75) is 6.42 Å². The van der Waals surface area contributed by atoms with Crippen molar-refractivity contribution in [3.05, 3.63) is 47.1 Å². The molecule has 1 fully saturated rings. The van der Waals surface area contributed by atoms with Gasteiger partial charge < -0.3 is 4.90 Å².